The minimum absolute atomic E-state index is 0.0860. The number of aromatic amines is 1. The molecule has 3 heterocycles. The van der Waals surface area contributed by atoms with Crippen molar-refractivity contribution in [1.29, 1.82) is 0 Å². The number of aromatic nitrogens is 1. The second-order valence-electron chi connectivity index (χ2n) is 5.75. The third kappa shape index (κ3) is 3.34. The lowest BCUT2D eigenvalue weighted by Gasteiger charge is -2.18. The van der Waals surface area contributed by atoms with E-state index in [1.54, 1.807) is 12.1 Å². The highest BCUT2D eigenvalue weighted by Crippen LogP contribution is 2.30. The molecule has 0 fully saturated rings. The summed E-state index contributed by atoms with van der Waals surface area (Å²) in [5, 5.41) is 4.70. The molecule has 0 spiro atoms. The molecule has 26 heavy (non-hydrogen) atoms. The first-order valence-electron chi connectivity index (χ1n) is 8.14. The predicted molar refractivity (Wildman–Crippen MR) is 99.0 cm³/mol. The SMILES string of the molecule is O=C(NCc1ccc2c(c1)OCCO2)c1ccc(-c2cccs2)[nH]c1=O. The number of carbonyl (C=O) groups excluding carboxylic acids is 1. The average molecular weight is 368 g/mol. The van der Waals surface area contributed by atoms with E-state index in [9.17, 15) is 9.59 Å². The summed E-state index contributed by atoms with van der Waals surface area (Å²) in [6.07, 6.45) is 0. The summed E-state index contributed by atoms with van der Waals surface area (Å²) in [6.45, 7) is 1.34. The molecular formula is C19H16N2O4S. The first kappa shape index (κ1) is 16.4. The Hall–Kier alpha value is -3.06. The van der Waals surface area contributed by atoms with E-state index in [1.807, 2.05) is 35.7 Å². The lowest BCUT2D eigenvalue weighted by Crippen LogP contribution is -2.29. The van der Waals surface area contributed by atoms with Gasteiger partial charge in [-0.15, -0.1) is 11.3 Å². The zero-order valence-electron chi connectivity index (χ0n) is 13.8. The second kappa shape index (κ2) is 7.05. The van der Waals surface area contributed by atoms with Crippen LogP contribution in [0.2, 0.25) is 0 Å². The lowest BCUT2D eigenvalue weighted by molar-refractivity contribution is 0.0949. The Morgan fingerprint density at radius 2 is 1.96 bits per heavy atom. The van der Waals surface area contributed by atoms with Gasteiger partial charge in [0.25, 0.3) is 11.5 Å². The molecule has 7 heteroatoms. The third-order valence-electron chi connectivity index (χ3n) is 4.00. The van der Waals surface area contributed by atoms with Crippen molar-refractivity contribution in [2.75, 3.05) is 13.2 Å². The summed E-state index contributed by atoms with van der Waals surface area (Å²) in [6, 6.07) is 12.6. The van der Waals surface area contributed by atoms with Gasteiger partial charge in [-0.1, -0.05) is 12.1 Å². The highest BCUT2D eigenvalue weighted by Gasteiger charge is 2.14. The van der Waals surface area contributed by atoms with Crippen LogP contribution in [-0.4, -0.2) is 24.1 Å². The van der Waals surface area contributed by atoms with Crippen molar-refractivity contribution in [2.24, 2.45) is 0 Å². The Balaban J connectivity index is 1.46. The molecule has 1 aromatic carbocycles. The van der Waals surface area contributed by atoms with Gasteiger partial charge >= 0.3 is 0 Å². The molecule has 2 N–H and O–H groups in total. The topological polar surface area (TPSA) is 80.4 Å². The molecule has 132 valence electrons. The minimum atomic E-state index is -0.418. The standard InChI is InChI=1S/C19H16N2O4S/c22-18(13-4-5-14(21-19(13)23)17-2-1-9-26-17)20-11-12-3-6-15-16(10-12)25-8-7-24-15/h1-6,9-10H,7-8,11H2,(H,20,22)(H,21,23). The van der Waals surface area contributed by atoms with Crippen molar-refractivity contribution in [3.63, 3.8) is 0 Å². The van der Waals surface area contributed by atoms with E-state index in [0.29, 0.717) is 37.0 Å². The van der Waals surface area contributed by atoms with Crippen LogP contribution in [0.4, 0.5) is 0 Å². The summed E-state index contributed by atoms with van der Waals surface area (Å²) >= 11 is 1.52. The van der Waals surface area contributed by atoms with Crippen LogP contribution >= 0.6 is 11.3 Å². The zero-order valence-corrected chi connectivity index (χ0v) is 14.6. The van der Waals surface area contributed by atoms with E-state index in [1.165, 1.54) is 11.3 Å². The Kier molecular flexibility index (Phi) is 4.45. The Labute approximate surface area is 153 Å². The third-order valence-corrected chi connectivity index (χ3v) is 4.90. The maximum absolute atomic E-state index is 12.3. The molecule has 3 aromatic rings. The van der Waals surface area contributed by atoms with E-state index >= 15 is 0 Å². The molecule has 4 rings (SSSR count). The first-order chi connectivity index (χ1) is 12.7. The van der Waals surface area contributed by atoms with Gasteiger partial charge in [0.2, 0.25) is 0 Å². The number of rotatable bonds is 4. The van der Waals surface area contributed by atoms with Gasteiger partial charge in [0.1, 0.15) is 18.8 Å². The highest BCUT2D eigenvalue weighted by atomic mass is 32.1. The molecule has 0 radical (unpaired) electrons. The van der Waals surface area contributed by atoms with E-state index in [4.69, 9.17) is 9.47 Å². The summed E-state index contributed by atoms with van der Waals surface area (Å²) in [4.78, 5) is 28.3. The lowest BCUT2D eigenvalue weighted by atomic mass is 10.1. The summed E-state index contributed by atoms with van der Waals surface area (Å²) < 4.78 is 11.0. The van der Waals surface area contributed by atoms with Crippen LogP contribution in [0.5, 0.6) is 11.5 Å². The van der Waals surface area contributed by atoms with Gasteiger partial charge in [-0.2, -0.15) is 0 Å². The number of pyridine rings is 1. The summed E-state index contributed by atoms with van der Waals surface area (Å²) in [7, 11) is 0. The van der Waals surface area contributed by atoms with Crippen LogP contribution in [0.25, 0.3) is 10.6 Å². The monoisotopic (exact) mass is 368 g/mol. The van der Waals surface area contributed by atoms with Gasteiger partial charge in [0.15, 0.2) is 11.5 Å². The number of thiophene rings is 1. The highest BCUT2D eigenvalue weighted by molar-refractivity contribution is 7.13. The predicted octanol–water partition coefficient (Wildman–Crippen LogP) is 2.80. The number of H-pyrrole nitrogens is 1. The molecule has 6 nitrogen and oxygen atoms in total. The van der Waals surface area contributed by atoms with Gasteiger partial charge in [-0.05, 0) is 41.3 Å². The van der Waals surface area contributed by atoms with Crippen LogP contribution < -0.4 is 20.3 Å². The van der Waals surface area contributed by atoms with Crippen LogP contribution in [0.1, 0.15) is 15.9 Å². The summed E-state index contributed by atoms with van der Waals surface area (Å²) in [5.41, 5.74) is 1.25. The first-order valence-corrected chi connectivity index (χ1v) is 9.02. The van der Waals surface area contributed by atoms with Gasteiger partial charge < -0.3 is 19.8 Å². The van der Waals surface area contributed by atoms with Gasteiger partial charge in [-0.25, -0.2) is 0 Å². The van der Waals surface area contributed by atoms with Crippen LogP contribution in [-0.2, 0) is 6.54 Å². The average Bonchev–Trinajstić information content (AvgIpc) is 3.20. The molecule has 1 amide bonds. The number of hydrogen-bond acceptors (Lipinski definition) is 5. The number of benzene rings is 1. The largest absolute Gasteiger partial charge is 0.486 e. The van der Waals surface area contributed by atoms with E-state index in [-0.39, 0.29) is 5.56 Å². The fourth-order valence-electron chi connectivity index (χ4n) is 2.70. The van der Waals surface area contributed by atoms with Crippen molar-refractivity contribution in [2.45, 2.75) is 6.54 Å². The van der Waals surface area contributed by atoms with E-state index in [2.05, 4.69) is 10.3 Å². The van der Waals surface area contributed by atoms with Crippen molar-refractivity contribution in [3.8, 4) is 22.1 Å². The number of fused-ring (bicyclic) bond motifs is 1. The number of nitrogens with one attached hydrogen (secondary N) is 2. The molecule has 0 saturated carbocycles. The van der Waals surface area contributed by atoms with Gasteiger partial charge in [0, 0.05) is 6.54 Å². The van der Waals surface area contributed by atoms with Crippen molar-refractivity contribution in [3.05, 3.63) is 69.3 Å². The molecule has 0 unspecified atom stereocenters. The fourth-order valence-corrected chi connectivity index (χ4v) is 3.41. The molecule has 1 aliphatic rings. The quantitative estimate of drug-likeness (QED) is 0.742. The van der Waals surface area contributed by atoms with E-state index < -0.39 is 11.5 Å². The number of ether oxygens (including phenoxy) is 2. The number of carbonyl (C=O) groups is 1. The molecule has 0 saturated heterocycles. The van der Waals surface area contributed by atoms with Crippen LogP contribution in [0.15, 0.2) is 52.6 Å². The van der Waals surface area contributed by atoms with Crippen molar-refractivity contribution >= 4 is 17.2 Å². The molecule has 0 atom stereocenters. The number of hydrogen-bond donors (Lipinski definition) is 2. The van der Waals surface area contributed by atoms with E-state index in [0.717, 1.165) is 10.4 Å². The molecule has 0 aliphatic carbocycles. The molecule has 0 bridgehead atoms. The van der Waals surface area contributed by atoms with Crippen LogP contribution in [0, 0.1) is 0 Å². The normalized spacial score (nSPS) is 12.6. The zero-order chi connectivity index (χ0) is 17.9. The maximum atomic E-state index is 12.3. The molecule has 2 aromatic heterocycles. The minimum Gasteiger partial charge on any atom is -0.486 e. The Bertz CT molecular complexity index is 995. The Morgan fingerprint density at radius 3 is 2.73 bits per heavy atom. The van der Waals surface area contributed by atoms with Crippen molar-refractivity contribution < 1.29 is 14.3 Å². The molecular weight excluding hydrogens is 352 g/mol. The Morgan fingerprint density at radius 1 is 1.12 bits per heavy atom. The smallest absolute Gasteiger partial charge is 0.261 e. The summed E-state index contributed by atoms with van der Waals surface area (Å²) in [5.74, 6) is 0.951. The van der Waals surface area contributed by atoms with Gasteiger partial charge in [0.05, 0.1) is 10.6 Å². The number of amides is 1. The molecule has 1 aliphatic heterocycles. The fraction of sp³-hybridized carbons (Fsp3) is 0.158. The second-order valence-corrected chi connectivity index (χ2v) is 6.70. The van der Waals surface area contributed by atoms with Crippen molar-refractivity contribution in [1.82, 2.24) is 10.3 Å². The maximum Gasteiger partial charge on any atom is 0.261 e. The van der Waals surface area contributed by atoms with Crippen LogP contribution in [0.3, 0.4) is 0 Å². The van der Waals surface area contributed by atoms with Gasteiger partial charge in [-0.3, -0.25) is 9.59 Å².